The number of carbonyl (C=O) groups excluding carboxylic acids is 1. The molecule has 1 aliphatic heterocycles. The summed E-state index contributed by atoms with van der Waals surface area (Å²) in [6, 6.07) is 5.88. The van der Waals surface area contributed by atoms with E-state index in [1.54, 1.807) is 16.8 Å². The van der Waals surface area contributed by atoms with Crippen molar-refractivity contribution in [3.63, 3.8) is 0 Å². The van der Waals surface area contributed by atoms with Crippen molar-refractivity contribution in [2.45, 2.75) is 82.7 Å². The van der Waals surface area contributed by atoms with Crippen LogP contribution in [0.3, 0.4) is 0 Å². The van der Waals surface area contributed by atoms with Crippen LogP contribution in [-0.4, -0.2) is 67.3 Å². The van der Waals surface area contributed by atoms with Crippen LogP contribution in [0.2, 0.25) is 5.02 Å². The minimum Gasteiger partial charge on any atom is -0.481 e. The minimum absolute atomic E-state index is 0.0135. The monoisotopic (exact) mass is 554 g/mol. The molecule has 0 bridgehead atoms. The number of piperidine rings is 1. The van der Waals surface area contributed by atoms with E-state index in [2.05, 4.69) is 25.7 Å². The number of benzene rings is 1. The van der Waals surface area contributed by atoms with Crippen molar-refractivity contribution in [3.05, 3.63) is 41.2 Å². The topological polar surface area (TPSA) is 113 Å². The third kappa shape index (κ3) is 6.87. The minimum atomic E-state index is -0.676. The van der Waals surface area contributed by atoms with Gasteiger partial charge in [0.2, 0.25) is 5.91 Å². The molecular formula is C29H39ClN6O3. The highest BCUT2D eigenvalue weighted by molar-refractivity contribution is 6.30. The first-order valence-electron chi connectivity index (χ1n) is 14.5. The second-order valence-electron chi connectivity index (χ2n) is 11.4. The van der Waals surface area contributed by atoms with Crippen LogP contribution in [0.4, 0.5) is 0 Å². The molecule has 39 heavy (non-hydrogen) atoms. The highest BCUT2D eigenvalue weighted by Crippen LogP contribution is 2.38. The van der Waals surface area contributed by atoms with E-state index in [1.165, 1.54) is 38.4 Å². The van der Waals surface area contributed by atoms with E-state index < -0.39 is 5.97 Å². The van der Waals surface area contributed by atoms with E-state index in [-0.39, 0.29) is 17.9 Å². The molecule has 0 radical (unpaired) electrons. The lowest BCUT2D eigenvalue weighted by Gasteiger charge is -2.46. The number of halogens is 1. The van der Waals surface area contributed by atoms with Gasteiger partial charge in [0.15, 0.2) is 0 Å². The van der Waals surface area contributed by atoms with Gasteiger partial charge in [0.05, 0.1) is 11.6 Å². The maximum atomic E-state index is 13.7. The Bertz CT molecular complexity index is 1140. The van der Waals surface area contributed by atoms with Gasteiger partial charge >= 0.3 is 5.97 Å². The number of rotatable bonds is 8. The standard InChI is InChI=1S/C29H39ClN6O3/c30-23-11-14-26(36-19-32-33-34-36)22(17-23)10-15-28(37)35-16-4-7-25(20-5-2-1-3-6-20)27(35)18-31-24-12-8-21(9-13-24)29(38)39/h10-11,14-15,17,19-21,24-25,27,31H,1-9,12-13,16,18H2,(H,38,39). The Morgan fingerprint density at radius 3 is 2.56 bits per heavy atom. The molecule has 1 aromatic heterocycles. The number of nitrogens with zero attached hydrogens (tertiary/aromatic N) is 5. The molecule has 210 valence electrons. The van der Waals surface area contributed by atoms with Crippen LogP contribution in [0, 0.1) is 17.8 Å². The average molecular weight is 555 g/mol. The summed E-state index contributed by atoms with van der Waals surface area (Å²) in [6.45, 7) is 1.51. The van der Waals surface area contributed by atoms with Crippen molar-refractivity contribution in [2.75, 3.05) is 13.1 Å². The normalized spacial score (nSPS) is 26.6. The van der Waals surface area contributed by atoms with Crippen molar-refractivity contribution in [1.29, 1.82) is 0 Å². The molecule has 1 aromatic carbocycles. The van der Waals surface area contributed by atoms with E-state index >= 15 is 0 Å². The lowest BCUT2D eigenvalue weighted by atomic mass is 9.72. The van der Waals surface area contributed by atoms with Crippen LogP contribution >= 0.6 is 11.6 Å². The summed E-state index contributed by atoms with van der Waals surface area (Å²) >= 11 is 6.28. The van der Waals surface area contributed by atoms with Crippen LogP contribution in [-0.2, 0) is 9.59 Å². The Morgan fingerprint density at radius 1 is 1.05 bits per heavy atom. The van der Waals surface area contributed by atoms with Gasteiger partial charge in [-0.25, -0.2) is 0 Å². The maximum absolute atomic E-state index is 13.7. The van der Waals surface area contributed by atoms with Gasteiger partial charge in [0.1, 0.15) is 6.33 Å². The molecule has 9 nitrogen and oxygen atoms in total. The predicted octanol–water partition coefficient (Wildman–Crippen LogP) is 4.75. The summed E-state index contributed by atoms with van der Waals surface area (Å²) in [5.74, 6) is 0.263. The van der Waals surface area contributed by atoms with Gasteiger partial charge in [-0.2, -0.15) is 4.68 Å². The number of likely N-dealkylation sites (tertiary alicyclic amines) is 1. The third-order valence-corrected chi connectivity index (χ3v) is 9.29. The molecule has 1 amide bonds. The summed E-state index contributed by atoms with van der Waals surface area (Å²) in [4.78, 5) is 27.2. The quantitative estimate of drug-likeness (QED) is 0.453. The number of carboxylic acid groups (broad SMARTS) is 1. The molecule has 0 spiro atoms. The molecule has 10 heteroatoms. The van der Waals surface area contributed by atoms with Gasteiger partial charge in [0, 0.05) is 41.8 Å². The lowest BCUT2D eigenvalue weighted by Crippen LogP contribution is -2.55. The Labute approximate surface area is 235 Å². The van der Waals surface area contributed by atoms with Gasteiger partial charge in [-0.3, -0.25) is 9.59 Å². The molecule has 2 unspecified atom stereocenters. The fourth-order valence-corrected chi connectivity index (χ4v) is 7.14. The number of hydrogen-bond acceptors (Lipinski definition) is 6. The van der Waals surface area contributed by atoms with Crippen molar-refractivity contribution >= 4 is 29.6 Å². The van der Waals surface area contributed by atoms with E-state index in [9.17, 15) is 14.7 Å². The first-order valence-corrected chi connectivity index (χ1v) is 14.8. The number of carboxylic acids is 1. The number of amides is 1. The second-order valence-corrected chi connectivity index (χ2v) is 11.8. The first-order chi connectivity index (χ1) is 19.0. The summed E-state index contributed by atoms with van der Waals surface area (Å²) in [5, 5.41) is 25.2. The third-order valence-electron chi connectivity index (χ3n) is 9.05. The molecular weight excluding hydrogens is 516 g/mol. The smallest absolute Gasteiger partial charge is 0.306 e. The van der Waals surface area contributed by atoms with Crippen LogP contribution in [0.15, 0.2) is 30.6 Å². The fraction of sp³-hybridized carbons (Fsp3) is 0.621. The zero-order valence-electron chi connectivity index (χ0n) is 22.4. The Morgan fingerprint density at radius 2 is 1.85 bits per heavy atom. The largest absolute Gasteiger partial charge is 0.481 e. The van der Waals surface area contributed by atoms with Crippen molar-refractivity contribution < 1.29 is 14.7 Å². The van der Waals surface area contributed by atoms with E-state index in [0.29, 0.717) is 22.9 Å². The van der Waals surface area contributed by atoms with Crippen molar-refractivity contribution in [1.82, 2.24) is 30.4 Å². The SMILES string of the molecule is O=C(O)C1CCC(NCC2C(C3CCCCC3)CCCN2C(=O)C=Cc2cc(Cl)ccc2-n2cnnn2)CC1. The molecule has 5 rings (SSSR count). The number of carbonyl (C=O) groups is 2. The number of hydrogen-bond donors (Lipinski definition) is 2. The van der Waals surface area contributed by atoms with Gasteiger partial charge in [0.25, 0.3) is 0 Å². The van der Waals surface area contributed by atoms with E-state index in [0.717, 1.165) is 62.9 Å². The van der Waals surface area contributed by atoms with Gasteiger partial charge in [-0.15, -0.1) is 5.10 Å². The molecule has 3 fully saturated rings. The number of aromatic nitrogens is 4. The molecule has 2 aromatic rings. The molecule has 2 atom stereocenters. The van der Waals surface area contributed by atoms with Crippen molar-refractivity contribution in [3.8, 4) is 5.69 Å². The molecule has 2 heterocycles. The highest BCUT2D eigenvalue weighted by atomic mass is 35.5. The Kier molecular flexibility index (Phi) is 9.29. The van der Waals surface area contributed by atoms with Gasteiger partial charge < -0.3 is 15.3 Å². The maximum Gasteiger partial charge on any atom is 0.306 e. The van der Waals surface area contributed by atoms with Crippen LogP contribution in [0.5, 0.6) is 0 Å². The van der Waals surface area contributed by atoms with Gasteiger partial charge in [-0.1, -0.05) is 43.7 Å². The lowest BCUT2D eigenvalue weighted by molar-refractivity contribution is -0.143. The predicted molar refractivity (Wildman–Crippen MR) is 149 cm³/mol. The average Bonchev–Trinajstić information content (AvgIpc) is 3.50. The molecule has 2 aliphatic carbocycles. The Balaban J connectivity index is 1.32. The van der Waals surface area contributed by atoms with Gasteiger partial charge in [-0.05, 0) is 85.1 Å². The van der Waals surface area contributed by atoms with Crippen molar-refractivity contribution in [2.24, 2.45) is 17.8 Å². The summed E-state index contributed by atoms with van der Waals surface area (Å²) < 4.78 is 1.56. The molecule has 3 aliphatic rings. The number of nitrogens with one attached hydrogen (secondary N) is 1. The molecule has 2 N–H and O–H groups in total. The highest BCUT2D eigenvalue weighted by Gasteiger charge is 2.38. The second kappa shape index (κ2) is 13.0. The zero-order valence-corrected chi connectivity index (χ0v) is 23.2. The zero-order chi connectivity index (χ0) is 27.2. The van der Waals surface area contributed by atoms with E-state index in [4.69, 9.17) is 11.6 Å². The first kappa shape index (κ1) is 27.8. The molecule has 2 saturated carbocycles. The summed E-state index contributed by atoms with van der Waals surface area (Å²) in [7, 11) is 0. The summed E-state index contributed by atoms with van der Waals surface area (Å²) in [6.07, 6.45) is 16.7. The summed E-state index contributed by atoms with van der Waals surface area (Å²) in [5.41, 5.74) is 1.52. The van der Waals surface area contributed by atoms with Crippen LogP contribution in [0.25, 0.3) is 11.8 Å². The Hall–Kier alpha value is -2.78. The molecule has 1 saturated heterocycles. The number of tetrazole rings is 1. The number of aliphatic carboxylic acids is 1. The fourth-order valence-electron chi connectivity index (χ4n) is 6.96. The van der Waals surface area contributed by atoms with E-state index in [1.807, 2.05) is 18.2 Å². The van der Waals surface area contributed by atoms with Crippen LogP contribution in [0.1, 0.15) is 76.2 Å². The van der Waals surface area contributed by atoms with Crippen LogP contribution < -0.4 is 5.32 Å².